The average molecular weight is 362 g/mol. The lowest BCUT2D eigenvalue weighted by molar-refractivity contribution is -0.142. The molecule has 1 unspecified atom stereocenters. The smallest absolute Gasteiger partial charge is 0.306 e. The largest absolute Gasteiger partial charge is 0.481 e. The molecule has 0 spiro atoms. The normalized spacial score (nSPS) is 26.0. The molecule has 1 atom stereocenters. The van der Waals surface area contributed by atoms with Gasteiger partial charge in [-0.25, -0.2) is 4.39 Å². The highest BCUT2D eigenvalue weighted by Gasteiger charge is 2.36. The van der Waals surface area contributed by atoms with Crippen molar-refractivity contribution in [3.63, 3.8) is 0 Å². The minimum atomic E-state index is -0.776. The second kappa shape index (κ2) is 7.43. The van der Waals surface area contributed by atoms with Crippen molar-refractivity contribution in [3.05, 3.63) is 29.6 Å². The second-order valence-corrected chi connectivity index (χ2v) is 7.23. The molecule has 3 rings (SSSR count). The number of rotatable bonds is 4. The summed E-state index contributed by atoms with van der Waals surface area (Å²) in [7, 11) is 0. The van der Waals surface area contributed by atoms with Gasteiger partial charge in [-0.15, -0.1) is 0 Å². The molecule has 1 heterocycles. The van der Waals surface area contributed by atoms with Crippen molar-refractivity contribution in [1.29, 1.82) is 0 Å². The van der Waals surface area contributed by atoms with Crippen molar-refractivity contribution in [2.45, 2.75) is 45.1 Å². The number of aliphatic carboxylic acids is 1. The molecule has 1 saturated carbocycles. The fraction of sp³-hybridized carbons (Fsp3) is 0.526. The first-order valence-electron chi connectivity index (χ1n) is 8.95. The lowest BCUT2D eigenvalue weighted by Crippen LogP contribution is -2.42. The number of benzene rings is 1. The molecule has 1 aliphatic heterocycles. The molecular formula is C19H23FN2O4. The summed E-state index contributed by atoms with van der Waals surface area (Å²) in [6.07, 6.45) is 2.54. The summed E-state index contributed by atoms with van der Waals surface area (Å²) in [4.78, 5) is 37.3. The van der Waals surface area contributed by atoms with E-state index >= 15 is 0 Å². The monoisotopic (exact) mass is 362 g/mol. The fourth-order valence-corrected chi connectivity index (χ4v) is 3.73. The Morgan fingerprint density at radius 3 is 2.50 bits per heavy atom. The van der Waals surface area contributed by atoms with E-state index in [2.05, 4.69) is 5.32 Å². The van der Waals surface area contributed by atoms with Gasteiger partial charge in [0.15, 0.2) is 0 Å². The maximum atomic E-state index is 13.4. The van der Waals surface area contributed by atoms with Crippen molar-refractivity contribution in [3.8, 4) is 0 Å². The zero-order valence-corrected chi connectivity index (χ0v) is 14.7. The maximum Gasteiger partial charge on any atom is 0.306 e. The van der Waals surface area contributed by atoms with Gasteiger partial charge in [0.1, 0.15) is 5.82 Å². The molecule has 1 aromatic carbocycles. The maximum absolute atomic E-state index is 13.4. The quantitative estimate of drug-likeness (QED) is 0.860. The molecule has 1 aromatic rings. The Morgan fingerprint density at radius 1 is 1.19 bits per heavy atom. The molecule has 0 bridgehead atoms. The molecule has 2 fully saturated rings. The number of anilines is 1. The number of hydrogen-bond donors (Lipinski definition) is 2. The van der Waals surface area contributed by atoms with Crippen molar-refractivity contribution < 1.29 is 23.9 Å². The molecule has 0 radical (unpaired) electrons. The van der Waals surface area contributed by atoms with E-state index in [1.807, 2.05) is 0 Å². The first-order valence-corrected chi connectivity index (χ1v) is 8.95. The SMILES string of the molecule is Cc1cc(N2CC(C(=O)NC3CCC(C(=O)O)CC3)CC2=O)ccc1F. The predicted molar refractivity (Wildman–Crippen MR) is 93.1 cm³/mol. The minimum Gasteiger partial charge on any atom is -0.481 e. The molecular weight excluding hydrogens is 339 g/mol. The van der Waals surface area contributed by atoms with Crippen LogP contribution >= 0.6 is 0 Å². The third kappa shape index (κ3) is 3.86. The van der Waals surface area contributed by atoms with E-state index in [1.54, 1.807) is 19.1 Å². The summed E-state index contributed by atoms with van der Waals surface area (Å²) < 4.78 is 13.4. The first kappa shape index (κ1) is 18.4. The lowest BCUT2D eigenvalue weighted by atomic mass is 9.86. The Morgan fingerprint density at radius 2 is 1.88 bits per heavy atom. The number of carboxylic acids is 1. The predicted octanol–water partition coefficient (Wildman–Crippen LogP) is 2.25. The van der Waals surface area contributed by atoms with Gasteiger partial charge in [0.2, 0.25) is 11.8 Å². The van der Waals surface area contributed by atoms with Crippen LogP contribution < -0.4 is 10.2 Å². The summed E-state index contributed by atoms with van der Waals surface area (Å²) in [5.41, 5.74) is 1.06. The van der Waals surface area contributed by atoms with E-state index in [-0.39, 0.29) is 42.6 Å². The van der Waals surface area contributed by atoms with E-state index in [4.69, 9.17) is 5.11 Å². The highest BCUT2D eigenvalue weighted by atomic mass is 19.1. The van der Waals surface area contributed by atoms with E-state index in [0.717, 1.165) is 0 Å². The molecule has 140 valence electrons. The average Bonchev–Trinajstić information content (AvgIpc) is 3.00. The number of nitrogens with one attached hydrogen (secondary N) is 1. The summed E-state index contributed by atoms with van der Waals surface area (Å²) >= 11 is 0. The van der Waals surface area contributed by atoms with Gasteiger partial charge in [-0.1, -0.05) is 0 Å². The van der Waals surface area contributed by atoms with E-state index in [0.29, 0.717) is 36.9 Å². The standard InChI is InChI=1S/C19H23FN2O4/c1-11-8-15(6-7-16(11)20)22-10-13(9-17(22)23)18(24)21-14-4-2-12(3-5-14)19(25)26/h6-8,12-14H,2-5,9-10H2,1H3,(H,21,24)(H,25,26). The van der Waals surface area contributed by atoms with Crippen LogP contribution in [0.15, 0.2) is 18.2 Å². The van der Waals surface area contributed by atoms with E-state index < -0.39 is 11.9 Å². The molecule has 26 heavy (non-hydrogen) atoms. The van der Waals surface area contributed by atoms with Crippen LogP contribution in [0.5, 0.6) is 0 Å². The van der Waals surface area contributed by atoms with Gasteiger partial charge in [0.25, 0.3) is 0 Å². The van der Waals surface area contributed by atoms with E-state index in [9.17, 15) is 18.8 Å². The summed E-state index contributed by atoms with van der Waals surface area (Å²) in [6.45, 7) is 1.91. The molecule has 2 N–H and O–H groups in total. The zero-order valence-electron chi connectivity index (χ0n) is 14.7. The van der Waals surface area contributed by atoms with Gasteiger partial charge >= 0.3 is 5.97 Å². The Balaban J connectivity index is 1.57. The molecule has 1 saturated heterocycles. The molecule has 0 aromatic heterocycles. The third-order valence-corrected chi connectivity index (χ3v) is 5.37. The van der Waals surface area contributed by atoms with Gasteiger partial charge in [-0.2, -0.15) is 0 Å². The van der Waals surface area contributed by atoms with E-state index in [1.165, 1.54) is 11.0 Å². The Hall–Kier alpha value is -2.44. The molecule has 6 nitrogen and oxygen atoms in total. The number of aryl methyl sites for hydroxylation is 1. The highest BCUT2D eigenvalue weighted by molar-refractivity contribution is 6.00. The van der Waals surface area contributed by atoms with Crippen molar-refractivity contribution >= 4 is 23.5 Å². The van der Waals surface area contributed by atoms with Crippen LogP contribution in [-0.4, -0.2) is 35.5 Å². The Kier molecular flexibility index (Phi) is 5.25. The van der Waals surface area contributed by atoms with Crippen LogP contribution in [0.3, 0.4) is 0 Å². The van der Waals surface area contributed by atoms with Gasteiger partial charge in [0.05, 0.1) is 11.8 Å². The first-order chi connectivity index (χ1) is 12.3. The van der Waals surface area contributed by atoms with Crippen LogP contribution in [0, 0.1) is 24.6 Å². The zero-order chi connectivity index (χ0) is 18.8. The summed E-state index contributed by atoms with van der Waals surface area (Å²) in [5.74, 6) is -2.18. The fourth-order valence-electron chi connectivity index (χ4n) is 3.73. The minimum absolute atomic E-state index is 0.0321. The number of amides is 2. The Labute approximate surface area is 151 Å². The van der Waals surface area contributed by atoms with Gasteiger partial charge in [-0.3, -0.25) is 14.4 Å². The van der Waals surface area contributed by atoms with Crippen LogP contribution in [0.2, 0.25) is 0 Å². The Bertz CT molecular complexity index is 728. The highest BCUT2D eigenvalue weighted by Crippen LogP contribution is 2.28. The topological polar surface area (TPSA) is 86.7 Å². The number of nitrogens with zero attached hydrogens (tertiary/aromatic N) is 1. The summed E-state index contributed by atoms with van der Waals surface area (Å²) in [6, 6.07) is 4.45. The second-order valence-electron chi connectivity index (χ2n) is 7.23. The van der Waals surface area contributed by atoms with Crippen LogP contribution in [0.1, 0.15) is 37.7 Å². The molecule has 7 heteroatoms. The number of carbonyl (C=O) groups is 3. The number of halogens is 1. The van der Waals surface area contributed by atoms with Crippen molar-refractivity contribution in [1.82, 2.24) is 5.32 Å². The molecule has 2 amide bonds. The van der Waals surface area contributed by atoms with Crippen molar-refractivity contribution in [2.24, 2.45) is 11.8 Å². The third-order valence-electron chi connectivity index (χ3n) is 5.37. The van der Waals surface area contributed by atoms with Crippen LogP contribution in [0.25, 0.3) is 0 Å². The number of hydrogen-bond acceptors (Lipinski definition) is 3. The van der Waals surface area contributed by atoms with Crippen LogP contribution in [-0.2, 0) is 14.4 Å². The summed E-state index contributed by atoms with van der Waals surface area (Å²) in [5, 5.41) is 12.0. The van der Waals surface area contributed by atoms with Gasteiger partial charge < -0.3 is 15.3 Å². The van der Waals surface area contributed by atoms with Gasteiger partial charge in [0, 0.05) is 24.7 Å². The number of carboxylic acid groups (broad SMARTS) is 1. The number of carbonyl (C=O) groups excluding carboxylic acids is 2. The van der Waals surface area contributed by atoms with Gasteiger partial charge in [-0.05, 0) is 56.4 Å². The van der Waals surface area contributed by atoms with Crippen LogP contribution in [0.4, 0.5) is 10.1 Å². The molecule has 1 aliphatic carbocycles. The van der Waals surface area contributed by atoms with Crippen molar-refractivity contribution in [2.75, 3.05) is 11.4 Å². The lowest BCUT2D eigenvalue weighted by Gasteiger charge is -2.27. The molecule has 2 aliphatic rings.